The molecule has 0 radical (unpaired) electrons. The average Bonchev–Trinajstić information content (AvgIpc) is 2.48. The quantitative estimate of drug-likeness (QED) is 0.842. The number of ether oxygens (including phenoxy) is 2. The van der Waals surface area contributed by atoms with Gasteiger partial charge >= 0.3 is 5.97 Å². The van der Waals surface area contributed by atoms with Crippen molar-refractivity contribution in [2.24, 2.45) is 5.41 Å². The second kappa shape index (κ2) is 6.83. The maximum absolute atomic E-state index is 11.0. The van der Waals surface area contributed by atoms with E-state index in [1.165, 1.54) is 32.8 Å². The van der Waals surface area contributed by atoms with Crippen LogP contribution in [0.2, 0.25) is 0 Å². The number of carbonyl (C=O) groups excluding carboxylic acids is 1. The number of methoxy groups -OCH3 is 1. The van der Waals surface area contributed by atoms with Crippen LogP contribution in [0.25, 0.3) is 0 Å². The number of rotatable bonds is 5. The molecule has 1 aromatic rings. The van der Waals surface area contributed by atoms with Crippen molar-refractivity contribution in [3.8, 4) is 5.75 Å². The summed E-state index contributed by atoms with van der Waals surface area (Å²) in [6, 6.07) is 8.29. The van der Waals surface area contributed by atoms with Crippen LogP contribution in [0.1, 0.15) is 39.5 Å². The van der Waals surface area contributed by atoms with Gasteiger partial charge in [0.05, 0.1) is 7.11 Å². The molecule has 1 N–H and O–H groups in total. The van der Waals surface area contributed by atoms with E-state index in [0.29, 0.717) is 17.2 Å². The Morgan fingerprint density at radius 3 is 2.43 bits per heavy atom. The highest BCUT2D eigenvalue weighted by Gasteiger charge is 2.26. The van der Waals surface area contributed by atoms with Crippen molar-refractivity contribution < 1.29 is 14.3 Å². The molecule has 1 aliphatic carbocycles. The van der Waals surface area contributed by atoms with Gasteiger partial charge in [-0.15, -0.1) is 0 Å². The molecule has 4 nitrogen and oxygen atoms in total. The monoisotopic (exact) mass is 291 g/mol. The Labute approximate surface area is 126 Å². The van der Waals surface area contributed by atoms with E-state index in [9.17, 15) is 4.79 Å². The third-order valence-corrected chi connectivity index (χ3v) is 4.15. The van der Waals surface area contributed by atoms with Crippen LogP contribution in [0, 0.1) is 5.41 Å². The topological polar surface area (TPSA) is 47.6 Å². The molecular weight excluding hydrogens is 266 g/mol. The number of hydrogen-bond acceptors (Lipinski definition) is 4. The Morgan fingerprint density at radius 1 is 1.24 bits per heavy atom. The molecule has 116 valence electrons. The molecule has 0 aromatic heterocycles. The molecule has 0 spiro atoms. The van der Waals surface area contributed by atoms with Gasteiger partial charge in [0, 0.05) is 11.7 Å². The molecule has 2 rings (SSSR count). The summed E-state index contributed by atoms with van der Waals surface area (Å²) in [5.41, 5.74) is 1.59. The summed E-state index contributed by atoms with van der Waals surface area (Å²) in [5, 5.41) is 3.57. The fraction of sp³-hybridized carbons (Fsp3) is 0.588. The Morgan fingerprint density at radius 2 is 1.86 bits per heavy atom. The molecule has 1 saturated carbocycles. The molecule has 0 heterocycles. The number of esters is 1. The Hall–Kier alpha value is -1.71. The summed E-state index contributed by atoms with van der Waals surface area (Å²) in [4.78, 5) is 11.0. The smallest absolute Gasteiger partial charge is 0.343 e. The van der Waals surface area contributed by atoms with Gasteiger partial charge in [0.25, 0.3) is 0 Å². The van der Waals surface area contributed by atoms with Gasteiger partial charge < -0.3 is 14.8 Å². The van der Waals surface area contributed by atoms with Crippen LogP contribution < -0.4 is 10.1 Å². The first-order valence-electron chi connectivity index (χ1n) is 7.55. The number of nitrogens with one attached hydrogen (secondary N) is 1. The summed E-state index contributed by atoms with van der Waals surface area (Å²) in [6.07, 6.45) is 4.97. The van der Waals surface area contributed by atoms with Crippen molar-refractivity contribution in [1.82, 2.24) is 0 Å². The lowest BCUT2D eigenvalue weighted by molar-refractivity contribution is -0.142. The standard InChI is InChI=1S/C17H25NO3/c1-17(2)10-8-14(9-11-17)18-13-4-6-15(7-5-13)21-12-16(19)20-3/h4-7,14,18H,8-12H2,1-3H3. The lowest BCUT2D eigenvalue weighted by Crippen LogP contribution is -2.29. The Balaban J connectivity index is 1.81. The Kier molecular flexibility index (Phi) is 5.10. The molecule has 21 heavy (non-hydrogen) atoms. The van der Waals surface area contributed by atoms with Gasteiger partial charge in [0.2, 0.25) is 0 Å². The van der Waals surface area contributed by atoms with Crippen LogP contribution >= 0.6 is 0 Å². The normalized spacial score (nSPS) is 18.0. The number of carbonyl (C=O) groups is 1. The van der Waals surface area contributed by atoms with Crippen molar-refractivity contribution in [2.45, 2.75) is 45.6 Å². The predicted octanol–water partition coefficient (Wildman–Crippen LogP) is 3.62. The van der Waals surface area contributed by atoms with Crippen molar-refractivity contribution in [3.63, 3.8) is 0 Å². The second-order valence-corrected chi connectivity index (χ2v) is 6.47. The van der Waals surface area contributed by atoms with E-state index < -0.39 is 0 Å². The highest BCUT2D eigenvalue weighted by molar-refractivity contribution is 5.70. The summed E-state index contributed by atoms with van der Waals surface area (Å²) in [5.74, 6) is 0.303. The zero-order valence-corrected chi connectivity index (χ0v) is 13.1. The van der Waals surface area contributed by atoms with E-state index in [4.69, 9.17) is 4.74 Å². The second-order valence-electron chi connectivity index (χ2n) is 6.47. The van der Waals surface area contributed by atoms with E-state index in [1.807, 2.05) is 24.3 Å². The van der Waals surface area contributed by atoms with Crippen molar-refractivity contribution in [3.05, 3.63) is 24.3 Å². The fourth-order valence-electron chi connectivity index (χ4n) is 2.63. The predicted molar refractivity (Wildman–Crippen MR) is 83.6 cm³/mol. The molecular formula is C17H25NO3. The van der Waals surface area contributed by atoms with Gasteiger partial charge in [-0.1, -0.05) is 13.8 Å². The van der Waals surface area contributed by atoms with E-state index in [1.54, 1.807) is 0 Å². The molecule has 1 aromatic carbocycles. The molecule has 0 aliphatic heterocycles. The van der Waals surface area contributed by atoms with E-state index >= 15 is 0 Å². The third-order valence-electron chi connectivity index (χ3n) is 4.15. The van der Waals surface area contributed by atoms with E-state index in [0.717, 1.165) is 5.69 Å². The summed E-state index contributed by atoms with van der Waals surface area (Å²) in [7, 11) is 1.35. The van der Waals surface area contributed by atoms with E-state index in [2.05, 4.69) is 23.9 Å². The molecule has 0 saturated heterocycles. The van der Waals surface area contributed by atoms with Gasteiger partial charge in [0.1, 0.15) is 5.75 Å². The first-order chi connectivity index (χ1) is 9.98. The van der Waals surface area contributed by atoms with Crippen molar-refractivity contribution >= 4 is 11.7 Å². The van der Waals surface area contributed by atoms with Crippen LogP contribution in [0.15, 0.2) is 24.3 Å². The summed E-state index contributed by atoms with van der Waals surface area (Å²) >= 11 is 0. The third kappa shape index (κ3) is 4.96. The first kappa shape index (κ1) is 15.7. The number of anilines is 1. The Bertz CT molecular complexity index is 457. The molecule has 1 aliphatic rings. The van der Waals surface area contributed by atoms with Gasteiger partial charge in [-0.2, -0.15) is 0 Å². The fourth-order valence-corrected chi connectivity index (χ4v) is 2.63. The minimum atomic E-state index is -0.373. The molecule has 4 heteroatoms. The molecule has 1 fully saturated rings. The van der Waals surface area contributed by atoms with Crippen LogP contribution in [0.4, 0.5) is 5.69 Å². The van der Waals surface area contributed by atoms with Crippen molar-refractivity contribution in [1.29, 1.82) is 0 Å². The highest BCUT2D eigenvalue weighted by atomic mass is 16.6. The van der Waals surface area contributed by atoms with Gasteiger partial charge in [0.15, 0.2) is 6.61 Å². The molecule has 0 amide bonds. The first-order valence-corrected chi connectivity index (χ1v) is 7.55. The minimum absolute atomic E-state index is 0.0546. The lowest BCUT2D eigenvalue weighted by Gasteiger charge is -2.35. The maximum Gasteiger partial charge on any atom is 0.343 e. The van der Waals surface area contributed by atoms with Crippen LogP contribution in [0.5, 0.6) is 5.75 Å². The largest absolute Gasteiger partial charge is 0.482 e. The van der Waals surface area contributed by atoms with Crippen LogP contribution in [0.3, 0.4) is 0 Å². The van der Waals surface area contributed by atoms with E-state index in [-0.39, 0.29) is 12.6 Å². The minimum Gasteiger partial charge on any atom is -0.482 e. The highest BCUT2D eigenvalue weighted by Crippen LogP contribution is 2.36. The molecule has 0 bridgehead atoms. The van der Waals surface area contributed by atoms with Crippen molar-refractivity contribution in [2.75, 3.05) is 19.0 Å². The number of benzene rings is 1. The lowest BCUT2D eigenvalue weighted by atomic mass is 9.75. The van der Waals surface area contributed by atoms with Gasteiger partial charge in [-0.05, 0) is 55.4 Å². The zero-order chi connectivity index (χ0) is 15.3. The van der Waals surface area contributed by atoms with Gasteiger partial charge in [-0.25, -0.2) is 4.79 Å². The molecule has 0 atom stereocenters. The summed E-state index contributed by atoms with van der Waals surface area (Å²) in [6.45, 7) is 4.63. The zero-order valence-electron chi connectivity index (χ0n) is 13.1. The van der Waals surface area contributed by atoms with Gasteiger partial charge in [-0.3, -0.25) is 0 Å². The molecule has 0 unspecified atom stereocenters. The number of hydrogen-bond donors (Lipinski definition) is 1. The van der Waals surface area contributed by atoms with Crippen LogP contribution in [-0.4, -0.2) is 25.7 Å². The SMILES string of the molecule is COC(=O)COc1ccc(NC2CCC(C)(C)CC2)cc1. The maximum atomic E-state index is 11.0. The van der Waals surface area contributed by atoms with Crippen LogP contribution in [-0.2, 0) is 9.53 Å². The average molecular weight is 291 g/mol. The summed E-state index contributed by atoms with van der Waals surface area (Å²) < 4.78 is 9.87.